The van der Waals surface area contributed by atoms with E-state index in [1.807, 2.05) is 23.1 Å². The van der Waals surface area contributed by atoms with Crippen LogP contribution in [0.4, 0.5) is 11.5 Å². The van der Waals surface area contributed by atoms with Crippen molar-refractivity contribution in [3.05, 3.63) is 47.9 Å². The normalized spacial score (nSPS) is 17.5. The van der Waals surface area contributed by atoms with Crippen LogP contribution in [0.5, 0.6) is 0 Å². The van der Waals surface area contributed by atoms with Crippen LogP contribution in [0, 0.1) is 0 Å². The largest absolute Gasteiger partial charge is 0.378 e. The molecule has 1 saturated heterocycles. The molecular formula is C18H20N4O2. The number of aryl methyl sites for hydroxylation is 1. The second kappa shape index (κ2) is 6.57. The molecule has 0 atom stereocenters. The molecule has 0 saturated carbocycles. The van der Waals surface area contributed by atoms with Gasteiger partial charge in [0.2, 0.25) is 0 Å². The molecule has 2 aromatic rings. The van der Waals surface area contributed by atoms with E-state index in [0.29, 0.717) is 18.9 Å². The Morgan fingerprint density at radius 3 is 2.67 bits per heavy atom. The van der Waals surface area contributed by atoms with Crippen molar-refractivity contribution in [1.82, 2.24) is 9.97 Å². The number of carbonyl (C=O) groups is 1. The van der Waals surface area contributed by atoms with E-state index in [-0.39, 0.29) is 5.91 Å². The van der Waals surface area contributed by atoms with Gasteiger partial charge in [0.1, 0.15) is 11.5 Å². The first-order valence-corrected chi connectivity index (χ1v) is 8.37. The predicted octanol–water partition coefficient (Wildman–Crippen LogP) is 1.91. The number of carbonyl (C=O) groups excluding carboxylic acids is 1. The van der Waals surface area contributed by atoms with Crippen molar-refractivity contribution in [3.63, 3.8) is 0 Å². The first-order chi connectivity index (χ1) is 11.8. The molecular weight excluding hydrogens is 304 g/mol. The lowest BCUT2D eigenvalue weighted by Gasteiger charge is -2.29. The number of ether oxygens (including phenoxy) is 1. The molecule has 0 bridgehead atoms. The van der Waals surface area contributed by atoms with Gasteiger partial charge in [-0.15, -0.1) is 0 Å². The van der Waals surface area contributed by atoms with Gasteiger partial charge in [-0.1, -0.05) is 18.2 Å². The molecule has 124 valence electrons. The fourth-order valence-corrected chi connectivity index (χ4v) is 3.27. The Balaban J connectivity index is 1.55. The predicted molar refractivity (Wildman–Crippen MR) is 91.5 cm³/mol. The maximum atomic E-state index is 12.8. The molecule has 24 heavy (non-hydrogen) atoms. The number of hydrogen-bond acceptors (Lipinski definition) is 5. The highest BCUT2D eigenvalue weighted by Gasteiger charge is 2.24. The van der Waals surface area contributed by atoms with Crippen LogP contribution in [0.3, 0.4) is 0 Å². The average Bonchev–Trinajstić information content (AvgIpc) is 2.68. The van der Waals surface area contributed by atoms with E-state index in [1.54, 1.807) is 12.4 Å². The molecule has 2 aliphatic heterocycles. The Morgan fingerprint density at radius 1 is 1.04 bits per heavy atom. The van der Waals surface area contributed by atoms with E-state index in [4.69, 9.17) is 4.74 Å². The van der Waals surface area contributed by atoms with Gasteiger partial charge in [-0.3, -0.25) is 4.79 Å². The quantitative estimate of drug-likeness (QED) is 0.844. The van der Waals surface area contributed by atoms with Crippen LogP contribution in [0.15, 0.2) is 36.7 Å². The summed E-state index contributed by atoms with van der Waals surface area (Å²) in [5.74, 6) is 0.720. The minimum atomic E-state index is -0.0804. The number of aromatic nitrogens is 2. The Kier molecular flexibility index (Phi) is 4.13. The van der Waals surface area contributed by atoms with Gasteiger partial charge in [0.05, 0.1) is 25.6 Å². The molecule has 0 aliphatic carbocycles. The third-order valence-corrected chi connectivity index (χ3v) is 4.55. The summed E-state index contributed by atoms with van der Waals surface area (Å²) in [5, 5.41) is 0. The maximum Gasteiger partial charge on any atom is 0.278 e. The molecule has 6 heteroatoms. The van der Waals surface area contributed by atoms with Crippen LogP contribution in [0.2, 0.25) is 0 Å². The van der Waals surface area contributed by atoms with Crippen molar-refractivity contribution in [2.45, 2.75) is 12.8 Å². The standard InChI is InChI=1S/C18H20N4O2/c23-18(22-7-3-5-14-4-1-2-6-16(14)22)15-12-20-17(13-19-15)21-8-10-24-11-9-21/h1-2,4,6,12-13H,3,5,7-11H2. The average molecular weight is 324 g/mol. The van der Waals surface area contributed by atoms with Crippen molar-refractivity contribution in [3.8, 4) is 0 Å². The third kappa shape index (κ3) is 2.85. The first kappa shape index (κ1) is 15.1. The summed E-state index contributed by atoms with van der Waals surface area (Å²) in [5.41, 5.74) is 2.60. The Hall–Kier alpha value is -2.47. The summed E-state index contributed by atoms with van der Waals surface area (Å²) in [6, 6.07) is 8.07. The Labute approximate surface area is 141 Å². The lowest BCUT2D eigenvalue weighted by atomic mass is 10.0. The number of benzene rings is 1. The van der Waals surface area contributed by atoms with Gasteiger partial charge in [0.15, 0.2) is 0 Å². The third-order valence-electron chi connectivity index (χ3n) is 4.55. The minimum absolute atomic E-state index is 0.0804. The Morgan fingerprint density at radius 2 is 1.88 bits per heavy atom. The van der Waals surface area contributed by atoms with Gasteiger partial charge in [-0.2, -0.15) is 0 Å². The number of nitrogens with zero attached hydrogens (tertiary/aromatic N) is 4. The summed E-state index contributed by atoms with van der Waals surface area (Å²) in [7, 11) is 0. The topological polar surface area (TPSA) is 58.6 Å². The van der Waals surface area contributed by atoms with Crippen LogP contribution in [-0.4, -0.2) is 48.7 Å². The highest BCUT2D eigenvalue weighted by Crippen LogP contribution is 2.27. The lowest BCUT2D eigenvalue weighted by molar-refractivity contribution is 0.0979. The van der Waals surface area contributed by atoms with Crippen LogP contribution in [-0.2, 0) is 11.2 Å². The molecule has 0 N–H and O–H groups in total. The smallest absolute Gasteiger partial charge is 0.278 e. The molecule has 1 fully saturated rings. The van der Waals surface area contributed by atoms with Gasteiger partial charge in [0.25, 0.3) is 5.91 Å². The van der Waals surface area contributed by atoms with Crippen molar-refractivity contribution in [1.29, 1.82) is 0 Å². The van der Waals surface area contributed by atoms with Gasteiger partial charge < -0.3 is 14.5 Å². The lowest BCUT2D eigenvalue weighted by Crippen LogP contribution is -2.37. The molecule has 0 unspecified atom stereocenters. The number of fused-ring (bicyclic) bond motifs is 1. The fraction of sp³-hybridized carbons (Fsp3) is 0.389. The van der Waals surface area contributed by atoms with Crippen LogP contribution in [0.25, 0.3) is 0 Å². The summed E-state index contributed by atoms with van der Waals surface area (Å²) < 4.78 is 5.35. The number of rotatable bonds is 2. The zero-order valence-corrected chi connectivity index (χ0v) is 13.5. The number of para-hydroxylation sites is 1. The van der Waals surface area contributed by atoms with Crippen LogP contribution in [0.1, 0.15) is 22.5 Å². The van der Waals surface area contributed by atoms with E-state index in [2.05, 4.69) is 20.9 Å². The minimum Gasteiger partial charge on any atom is -0.378 e. The highest BCUT2D eigenvalue weighted by molar-refractivity contribution is 6.05. The molecule has 1 amide bonds. The summed E-state index contributed by atoms with van der Waals surface area (Å²) in [4.78, 5) is 25.6. The van der Waals surface area contributed by atoms with Gasteiger partial charge >= 0.3 is 0 Å². The molecule has 0 spiro atoms. The summed E-state index contributed by atoms with van der Waals surface area (Å²) >= 11 is 0. The van der Waals surface area contributed by atoms with Crippen molar-refractivity contribution in [2.75, 3.05) is 42.6 Å². The van der Waals surface area contributed by atoms with Crippen molar-refractivity contribution >= 4 is 17.4 Å². The number of amides is 1. The summed E-state index contributed by atoms with van der Waals surface area (Å²) in [6.07, 6.45) is 5.27. The van der Waals surface area contributed by atoms with Gasteiger partial charge in [0, 0.05) is 25.3 Å². The monoisotopic (exact) mass is 324 g/mol. The van der Waals surface area contributed by atoms with E-state index < -0.39 is 0 Å². The van der Waals surface area contributed by atoms with Gasteiger partial charge in [-0.05, 0) is 24.5 Å². The molecule has 0 radical (unpaired) electrons. The zero-order valence-electron chi connectivity index (χ0n) is 13.5. The molecule has 3 heterocycles. The van der Waals surface area contributed by atoms with Crippen molar-refractivity contribution in [2.24, 2.45) is 0 Å². The summed E-state index contributed by atoms with van der Waals surface area (Å²) in [6.45, 7) is 3.74. The zero-order chi connectivity index (χ0) is 16.4. The van der Waals surface area contributed by atoms with Crippen molar-refractivity contribution < 1.29 is 9.53 Å². The first-order valence-electron chi connectivity index (χ1n) is 8.37. The van der Waals surface area contributed by atoms with Gasteiger partial charge in [-0.25, -0.2) is 9.97 Å². The molecule has 1 aromatic carbocycles. The van der Waals surface area contributed by atoms with E-state index >= 15 is 0 Å². The second-order valence-corrected chi connectivity index (χ2v) is 6.05. The number of morpholine rings is 1. The van der Waals surface area contributed by atoms with E-state index in [9.17, 15) is 4.79 Å². The number of anilines is 2. The molecule has 4 rings (SSSR count). The van der Waals surface area contributed by atoms with Crippen LogP contribution >= 0.6 is 0 Å². The highest BCUT2D eigenvalue weighted by atomic mass is 16.5. The molecule has 2 aliphatic rings. The van der Waals surface area contributed by atoms with E-state index in [0.717, 1.165) is 44.0 Å². The van der Waals surface area contributed by atoms with Crippen LogP contribution < -0.4 is 9.80 Å². The molecule has 6 nitrogen and oxygen atoms in total. The second-order valence-electron chi connectivity index (χ2n) is 6.05. The fourth-order valence-electron chi connectivity index (χ4n) is 3.27. The number of hydrogen-bond donors (Lipinski definition) is 0. The SMILES string of the molecule is O=C(c1cnc(N2CCOCC2)cn1)N1CCCc2ccccc21. The Bertz CT molecular complexity index is 726. The molecule has 1 aromatic heterocycles. The van der Waals surface area contributed by atoms with E-state index in [1.165, 1.54) is 5.56 Å². The maximum absolute atomic E-state index is 12.8.